The molecule has 3 aromatic rings. The first kappa shape index (κ1) is 20.3. The number of carbonyl (C=O) groups excluding carboxylic acids is 1. The van der Waals surface area contributed by atoms with Gasteiger partial charge >= 0.3 is 5.97 Å². The van der Waals surface area contributed by atoms with Gasteiger partial charge in [-0.1, -0.05) is 49.6 Å². The summed E-state index contributed by atoms with van der Waals surface area (Å²) in [6.45, 7) is 0.579. The zero-order valence-corrected chi connectivity index (χ0v) is 17.9. The van der Waals surface area contributed by atoms with Gasteiger partial charge in [0, 0.05) is 23.0 Å². The third-order valence-corrected chi connectivity index (χ3v) is 7.09. The van der Waals surface area contributed by atoms with E-state index in [1.165, 1.54) is 31.9 Å². The molecule has 5 rings (SSSR count). The van der Waals surface area contributed by atoms with E-state index in [1.54, 1.807) is 0 Å². The van der Waals surface area contributed by atoms with Gasteiger partial charge in [-0.15, -0.1) is 0 Å². The molecule has 0 saturated heterocycles. The van der Waals surface area contributed by atoms with Gasteiger partial charge in [0.25, 0.3) is 0 Å². The molecule has 1 fully saturated rings. The molecule has 2 N–H and O–H groups in total. The number of benzene rings is 2. The second-order valence-corrected chi connectivity index (χ2v) is 8.86. The van der Waals surface area contributed by atoms with E-state index in [0.717, 1.165) is 40.6 Å². The Kier molecular flexibility index (Phi) is 5.32. The first-order valence-electron chi connectivity index (χ1n) is 11.3. The summed E-state index contributed by atoms with van der Waals surface area (Å²) in [6, 6.07) is 13.7. The summed E-state index contributed by atoms with van der Waals surface area (Å²) < 4.78 is 7.21. The van der Waals surface area contributed by atoms with Crippen molar-refractivity contribution in [3.63, 3.8) is 0 Å². The Hall–Kier alpha value is -2.63. The van der Waals surface area contributed by atoms with Crippen LogP contribution in [0.4, 0.5) is 0 Å². The number of aliphatic hydroxyl groups is 2. The van der Waals surface area contributed by atoms with E-state index in [-0.39, 0.29) is 5.97 Å². The molecule has 1 aliphatic carbocycles. The molecule has 2 atom stereocenters. The molecule has 162 valence electrons. The Morgan fingerprint density at radius 2 is 1.81 bits per heavy atom. The third kappa shape index (κ3) is 3.36. The van der Waals surface area contributed by atoms with Crippen molar-refractivity contribution in [2.45, 2.75) is 63.2 Å². The monoisotopic (exact) mass is 419 g/mol. The fourth-order valence-corrected chi connectivity index (χ4v) is 5.55. The standard InChI is InChI=1S/C26H29NO4/c1-31-26(30)17-11-12-20-21(15-17)27-14-13-22(28)25(29)19-10-6-5-9-18(19)24(27)23(20)16-7-3-2-4-8-16/h5-6,9-12,15-16,22,25,28-29H,2-4,7-8,13-14H2,1H3. The van der Waals surface area contributed by atoms with Crippen LogP contribution < -0.4 is 0 Å². The molecule has 1 aromatic heterocycles. The van der Waals surface area contributed by atoms with Crippen molar-refractivity contribution in [2.24, 2.45) is 0 Å². The highest BCUT2D eigenvalue weighted by atomic mass is 16.5. The van der Waals surface area contributed by atoms with Crippen LogP contribution in [0, 0.1) is 0 Å². The highest BCUT2D eigenvalue weighted by Crippen LogP contribution is 2.47. The number of aliphatic hydroxyl groups excluding tert-OH is 2. The lowest BCUT2D eigenvalue weighted by molar-refractivity contribution is 0.0106. The van der Waals surface area contributed by atoms with E-state index in [9.17, 15) is 15.0 Å². The number of carbonyl (C=O) groups is 1. The maximum absolute atomic E-state index is 12.2. The molecule has 31 heavy (non-hydrogen) atoms. The van der Waals surface area contributed by atoms with Crippen LogP contribution in [0.2, 0.25) is 0 Å². The summed E-state index contributed by atoms with van der Waals surface area (Å²) in [7, 11) is 1.40. The average molecular weight is 420 g/mol. The summed E-state index contributed by atoms with van der Waals surface area (Å²) in [6.07, 6.45) is 4.72. The number of rotatable bonds is 2. The molecule has 5 nitrogen and oxygen atoms in total. The van der Waals surface area contributed by atoms with Crippen molar-refractivity contribution in [3.05, 3.63) is 59.2 Å². The molecule has 1 saturated carbocycles. The number of aryl methyl sites for hydroxylation is 1. The molecule has 2 aliphatic rings. The first-order chi connectivity index (χ1) is 15.1. The van der Waals surface area contributed by atoms with Crippen LogP contribution in [0.25, 0.3) is 22.2 Å². The summed E-state index contributed by atoms with van der Waals surface area (Å²) in [5, 5.41) is 22.7. The second-order valence-electron chi connectivity index (χ2n) is 8.86. The largest absolute Gasteiger partial charge is 0.465 e. The molecule has 0 spiro atoms. The van der Waals surface area contributed by atoms with Crippen LogP contribution in [0.5, 0.6) is 0 Å². The molecular formula is C26H29NO4. The lowest BCUT2D eigenvalue weighted by Crippen LogP contribution is -2.24. The highest BCUT2D eigenvalue weighted by Gasteiger charge is 2.32. The van der Waals surface area contributed by atoms with Crippen LogP contribution in [-0.2, 0) is 11.3 Å². The molecule has 0 radical (unpaired) electrons. The van der Waals surface area contributed by atoms with E-state index >= 15 is 0 Å². The molecule has 2 unspecified atom stereocenters. The van der Waals surface area contributed by atoms with Crippen LogP contribution >= 0.6 is 0 Å². The predicted octanol–water partition coefficient (Wildman–Crippen LogP) is 4.94. The van der Waals surface area contributed by atoms with E-state index in [2.05, 4.69) is 16.7 Å². The summed E-state index contributed by atoms with van der Waals surface area (Å²) in [5.41, 5.74) is 5.72. The number of hydrogen-bond acceptors (Lipinski definition) is 4. The van der Waals surface area contributed by atoms with Gasteiger partial charge in [0.05, 0.1) is 24.5 Å². The van der Waals surface area contributed by atoms with E-state index < -0.39 is 12.2 Å². The molecule has 5 heteroatoms. The lowest BCUT2D eigenvalue weighted by atomic mass is 9.80. The maximum atomic E-state index is 12.2. The van der Waals surface area contributed by atoms with Gasteiger partial charge in [0.15, 0.2) is 0 Å². The van der Waals surface area contributed by atoms with Crippen LogP contribution in [0.15, 0.2) is 42.5 Å². The zero-order valence-electron chi connectivity index (χ0n) is 17.9. The van der Waals surface area contributed by atoms with Crippen molar-refractivity contribution in [2.75, 3.05) is 7.11 Å². The molecular weight excluding hydrogens is 390 g/mol. The van der Waals surface area contributed by atoms with Gasteiger partial charge in [-0.2, -0.15) is 0 Å². The normalized spacial score (nSPS) is 21.8. The Bertz CT molecular complexity index is 1130. The quantitative estimate of drug-likeness (QED) is 0.577. The average Bonchev–Trinajstić information content (AvgIpc) is 3.14. The third-order valence-electron chi connectivity index (χ3n) is 7.09. The molecule has 0 bridgehead atoms. The van der Waals surface area contributed by atoms with Crippen LogP contribution in [0.3, 0.4) is 0 Å². The number of fused-ring (bicyclic) bond motifs is 5. The van der Waals surface area contributed by atoms with Crippen LogP contribution in [0.1, 0.15) is 72.0 Å². The van der Waals surface area contributed by atoms with Gasteiger partial charge in [-0.25, -0.2) is 4.79 Å². The number of esters is 1. The van der Waals surface area contributed by atoms with Gasteiger partial charge in [0.1, 0.15) is 6.10 Å². The molecule has 2 aromatic carbocycles. The van der Waals surface area contributed by atoms with E-state index in [4.69, 9.17) is 4.74 Å². The van der Waals surface area contributed by atoms with Crippen molar-refractivity contribution in [1.29, 1.82) is 0 Å². The Balaban J connectivity index is 1.83. The topological polar surface area (TPSA) is 71.7 Å². The number of aromatic nitrogens is 1. The summed E-state index contributed by atoms with van der Waals surface area (Å²) >= 11 is 0. The minimum atomic E-state index is -0.909. The molecule has 2 heterocycles. The smallest absolute Gasteiger partial charge is 0.337 e. The molecule has 0 amide bonds. The minimum Gasteiger partial charge on any atom is -0.465 e. The van der Waals surface area contributed by atoms with E-state index in [0.29, 0.717) is 24.4 Å². The summed E-state index contributed by atoms with van der Waals surface area (Å²) in [4.78, 5) is 12.2. The second kappa shape index (κ2) is 8.13. The first-order valence-corrected chi connectivity index (χ1v) is 11.3. The fraction of sp³-hybridized carbons (Fsp3) is 0.423. The highest BCUT2D eigenvalue weighted by molar-refractivity contribution is 5.99. The van der Waals surface area contributed by atoms with Crippen LogP contribution in [-0.4, -0.2) is 34.0 Å². The molecule has 1 aliphatic heterocycles. The predicted molar refractivity (Wildman–Crippen MR) is 120 cm³/mol. The van der Waals surface area contributed by atoms with Gasteiger partial charge in [-0.05, 0) is 48.4 Å². The Morgan fingerprint density at radius 3 is 2.58 bits per heavy atom. The Morgan fingerprint density at radius 1 is 1.03 bits per heavy atom. The van der Waals surface area contributed by atoms with Crippen molar-refractivity contribution in [1.82, 2.24) is 4.57 Å². The number of methoxy groups -OCH3 is 1. The summed E-state index contributed by atoms with van der Waals surface area (Å²) in [5.74, 6) is 0.101. The van der Waals surface area contributed by atoms with E-state index in [1.807, 2.05) is 30.3 Å². The van der Waals surface area contributed by atoms with Crippen molar-refractivity contribution < 1.29 is 19.7 Å². The van der Waals surface area contributed by atoms with Crippen molar-refractivity contribution in [3.8, 4) is 11.3 Å². The van der Waals surface area contributed by atoms with Crippen molar-refractivity contribution >= 4 is 16.9 Å². The van der Waals surface area contributed by atoms with Gasteiger partial charge < -0.3 is 19.5 Å². The lowest BCUT2D eigenvalue weighted by Gasteiger charge is -2.28. The van der Waals surface area contributed by atoms with Gasteiger partial charge in [0.2, 0.25) is 0 Å². The number of ether oxygens (including phenoxy) is 1. The maximum Gasteiger partial charge on any atom is 0.337 e. The SMILES string of the molecule is COC(=O)c1ccc2c(C3CCCCC3)c3n(c2c1)CCC(O)C(O)c1ccccc1-3. The zero-order chi connectivity index (χ0) is 21.5. The number of hydrogen-bond donors (Lipinski definition) is 2. The van der Waals surface area contributed by atoms with Gasteiger partial charge in [-0.3, -0.25) is 0 Å². The fourth-order valence-electron chi connectivity index (χ4n) is 5.55. The Labute approximate surface area is 182 Å². The minimum absolute atomic E-state index is 0.349. The number of nitrogens with zero attached hydrogens (tertiary/aromatic N) is 1.